The van der Waals surface area contributed by atoms with E-state index in [1.807, 2.05) is 0 Å². The quantitative estimate of drug-likeness (QED) is 0.689. The molecule has 0 saturated heterocycles. The van der Waals surface area contributed by atoms with Crippen molar-refractivity contribution < 1.29 is 0 Å². The van der Waals surface area contributed by atoms with E-state index in [1.165, 1.54) is 32.2 Å². The summed E-state index contributed by atoms with van der Waals surface area (Å²) < 4.78 is 0. The van der Waals surface area contributed by atoms with E-state index in [0.29, 0.717) is 5.54 Å². The van der Waals surface area contributed by atoms with Crippen LogP contribution >= 0.6 is 0 Å². The highest BCUT2D eigenvalue weighted by Gasteiger charge is 2.46. The fourth-order valence-corrected chi connectivity index (χ4v) is 2.96. The predicted octanol–water partition coefficient (Wildman–Crippen LogP) is 2.87. The normalized spacial score (nSPS) is 22.1. The molecule has 1 aliphatic rings. The van der Waals surface area contributed by atoms with Crippen LogP contribution in [0.4, 0.5) is 0 Å². The Labute approximate surface area is 102 Å². The van der Waals surface area contributed by atoms with Crippen LogP contribution in [-0.4, -0.2) is 30.1 Å². The Balaban J connectivity index is 2.72. The zero-order valence-corrected chi connectivity index (χ0v) is 11.6. The van der Waals surface area contributed by atoms with Gasteiger partial charge < -0.3 is 5.73 Å². The number of hydrogen-bond donors (Lipinski definition) is 1. The van der Waals surface area contributed by atoms with Gasteiger partial charge in [0.1, 0.15) is 0 Å². The van der Waals surface area contributed by atoms with E-state index < -0.39 is 0 Å². The van der Waals surface area contributed by atoms with Gasteiger partial charge in [-0.2, -0.15) is 0 Å². The van der Waals surface area contributed by atoms with Crippen molar-refractivity contribution >= 4 is 0 Å². The van der Waals surface area contributed by atoms with Gasteiger partial charge in [-0.15, -0.1) is 0 Å². The highest BCUT2D eigenvalue weighted by Crippen LogP contribution is 2.44. The SMILES string of the molecule is CCC(C)CN(CC)C(CC)(CN)C1CC1. The first-order valence-electron chi connectivity index (χ1n) is 7.09. The molecular formula is C14H30N2. The van der Waals surface area contributed by atoms with Gasteiger partial charge in [0.25, 0.3) is 0 Å². The molecule has 16 heavy (non-hydrogen) atoms. The zero-order valence-electron chi connectivity index (χ0n) is 11.6. The molecule has 2 unspecified atom stereocenters. The Morgan fingerprint density at radius 2 is 1.94 bits per heavy atom. The summed E-state index contributed by atoms with van der Waals surface area (Å²) in [5.41, 5.74) is 6.41. The van der Waals surface area contributed by atoms with Crippen LogP contribution in [0.5, 0.6) is 0 Å². The Morgan fingerprint density at radius 3 is 2.25 bits per heavy atom. The Morgan fingerprint density at radius 1 is 1.31 bits per heavy atom. The molecule has 0 spiro atoms. The molecule has 0 aromatic carbocycles. The topological polar surface area (TPSA) is 29.3 Å². The van der Waals surface area contributed by atoms with E-state index in [1.54, 1.807) is 0 Å². The lowest BCUT2D eigenvalue weighted by Crippen LogP contribution is -2.56. The fraction of sp³-hybridized carbons (Fsp3) is 1.00. The first-order valence-corrected chi connectivity index (χ1v) is 7.09. The van der Waals surface area contributed by atoms with Gasteiger partial charge in [0.15, 0.2) is 0 Å². The lowest BCUT2D eigenvalue weighted by molar-refractivity contribution is 0.0590. The third kappa shape index (κ3) is 2.78. The molecule has 0 heterocycles. The van der Waals surface area contributed by atoms with Gasteiger partial charge >= 0.3 is 0 Å². The number of rotatable bonds is 8. The van der Waals surface area contributed by atoms with Gasteiger partial charge in [0.2, 0.25) is 0 Å². The van der Waals surface area contributed by atoms with Crippen molar-refractivity contribution in [3.8, 4) is 0 Å². The molecule has 96 valence electrons. The van der Waals surface area contributed by atoms with E-state index in [2.05, 4.69) is 32.6 Å². The minimum atomic E-state index is 0.304. The maximum Gasteiger partial charge on any atom is 0.0357 e. The van der Waals surface area contributed by atoms with Crippen LogP contribution in [0.1, 0.15) is 53.4 Å². The molecule has 0 bridgehead atoms. The van der Waals surface area contributed by atoms with Gasteiger partial charge in [0, 0.05) is 18.6 Å². The first kappa shape index (κ1) is 14.0. The number of likely N-dealkylation sites (N-methyl/N-ethyl adjacent to an activating group) is 1. The van der Waals surface area contributed by atoms with Crippen LogP contribution < -0.4 is 5.73 Å². The molecule has 2 heteroatoms. The van der Waals surface area contributed by atoms with Crippen LogP contribution in [0.3, 0.4) is 0 Å². The zero-order chi connectivity index (χ0) is 12.2. The van der Waals surface area contributed by atoms with Crippen molar-refractivity contribution in [2.45, 2.75) is 58.9 Å². The van der Waals surface area contributed by atoms with Crippen molar-refractivity contribution in [3.63, 3.8) is 0 Å². The number of nitrogens with two attached hydrogens (primary N) is 1. The van der Waals surface area contributed by atoms with Gasteiger partial charge in [0.05, 0.1) is 0 Å². The highest BCUT2D eigenvalue weighted by molar-refractivity contribution is 5.02. The summed E-state index contributed by atoms with van der Waals surface area (Å²) in [5.74, 6) is 1.66. The summed E-state index contributed by atoms with van der Waals surface area (Å²) >= 11 is 0. The third-order valence-corrected chi connectivity index (χ3v) is 4.54. The average Bonchev–Trinajstić information content (AvgIpc) is 3.14. The fourth-order valence-electron chi connectivity index (χ4n) is 2.96. The number of hydrogen-bond acceptors (Lipinski definition) is 2. The molecule has 2 nitrogen and oxygen atoms in total. The van der Waals surface area contributed by atoms with Crippen molar-refractivity contribution in [3.05, 3.63) is 0 Å². The first-order chi connectivity index (χ1) is 7.64. The van der Waals surface area contributed by atoms with Crippen LogP contribution in [0.15, 0.2) is 0 Å². The van der Waals surface area contributed by atoms with E-state index in [-0.39, 0.29) is 0 Å². The molecule has 0 radical (unpaired) electrons. The molecule has 1 saturated carbocycles. The van der Waals surface area contributed by atoms with Crippen LogP contribution in [0.2, 0.25) is 0 Å². The molecule has 1 aliphatic carbocycles. The van der Waals surface area contributed by atoms with Crippen LogP contribution in [0, 0.1) is 11.8 Å². The largest absolute Gasteiger partial charge is 0.329 e. The molecule has 1 rings (SSSR count). The summed E-state index contributed by atoms with van der Waals surface area (Å²) in [4.78, 5) is 2.67. The Hall–Kier alpha value is -0.0800. The minimum absolute atomic E-state index is 0.304. The summed E-state index contributed by atoms with van der Waals surface area (Å²) in [6.07, 6.45) is 5.26. The van der Waals surface area contributed by atoms with E-state index in [4.69, 9.17) is 5.73 Å². The second-order valence-corrected chi connectivity index (χ2v) is 5.49. The molecule has 2 N–H and O–H groups in total. The van der Waals surface area contributed by atoms with Crippen molar-refractivity contribution in [1.82, 2.24) is 4.90 Å². The highest BCUT2D eigenvalue weighted by atomic mass is 15.2. The van der Waals surface area contributed by atoms with E-state index >= 15 is 0 Å². The lowest BCUT2D eigenvalue weighted by Gasteiger charge is -2.44. The van der Waals surface area contributed by atoms with Crippen LogP contribution in [-0.2, 0) is 0 Å². The smallest absolute Gasteiger partial charge is 0.0357 e. The van der Waals surface area contributed by atoms with Crippen molar-refractivity contribution in [1.29, 1.82) is 0 Å². The summed E-state index contributed by atoms with van der Waals surface area (Å²) in [6, 6.07) is 0. The maximum absolute atomic E-state index is 6.11. The summed E-state index contributed by atoms with van der Waals surface area (Å²) in [7, 11) is 0. The Kier molecular flexibility index (Phi) is 5.26. The van der Waals surface area contributed by atoms with Gasteiger partial charge in [-0.25, -0.2) is 0 Å². The minimum Gasteiger partial charge on any atom is -0.329 e. The monoisotopic (exact) mass is 226 g/mol. The standard InChI is InChI=1S/C14H30N2/c1-5-12(4)10-16(7-3)14(6-2,11-15)13-8-9-13/h12-13H,5-11,15H2,1-4H3. The number of nitrogens with zero attached hydrogens (tertiary/aromatic N) is 1. The molecule has 2 atom stereocenters. The molecule has 0 aromatic rings. The van der Waals surface area contributed by atoms with Crippen molar-refractivity contribution in [2.75, 3.05) is 19.6 Å². The van der Waals surface area contributed by atoms with Crippen molar-refractivity contribution in [2.24, 2.45) is 17.6 Å². The second-order valence-electron chi connectivity index (χ2n) is 5.49. The molecule has 0 aliphatic heterocycles. The van der Waals surface area contributed by atoms with Gasteiger partial charge in [-0.05, 0) is 37.6 Å². The molecule has 1 fully saturated rings. The average molecular weight is 226 g/mol. The maximum atomic E-state index is 6.11. The lowest BCUT2D eigenvalue weighted by atomic mass is 9.87. The Bertz CT molecular complexity index is 195. The predicted molar refractivity (Wildman–Crippen MR) is 71.5 cm³/mol. The molecule has 0 amide bonds. The van der Waals surface area contributed by atoms with E-state index in [9.17, 15) is 0 Å². The summed E-state index contributed by atoms with van der Waals surface area (Å²) in [5, 5.41) is 0. The van der Waals surface area contributed by atoms with Gasteiger partial charge in [-0.3, -0.25) is 4.90 Å². The van der Waals surface area contributed by atoms with Gasteiger partial charge in [-0.1, -0.05) is 34.1 Å². The molecular weight excluding hydrogens is 196 g/mol. The van der Waals surface area contributed by atoms with Crippen LogP contribution in [0.25, 0.3) is 0 Å². The van der Waals surface area contributed by atoms with E-state index in [0.717, 1.165) is 24.9 Å². The third-order valence-electron chi connectivity index (χ3n) is 4.54. The molecule has 0 aromatic heterocycles. The summed E-state index contributed by atoms with van der Waals surface area (Å²) in [6.45, 7) is 12.4. The second kappa shape index (κ2) is 6.02.